The van der Waals surface area contributed by atoms with E-state index in [9.17, 15) is 14.7 Å². The molecule has 0 fully saturated rings. The number of rotatable bonds is 4. The molecule has 4 rings (SSSR count). The van der Waals surface area contributed by atoms with E-state index in [-0.39, 0.29) is 11.5 Å². The SMILES string of the molecule is Cn1c(-c2ccccc2-c2ccncc2)nc(C(=O)Nc2cnoc2)c(O)c1=O. The van der Waals surface area contributed by atoms with Gasteiger partial charge in [0.1, 0.15) is 17.8 Å². The first-order chi connectivity index (χ1) is 14.1. The number of anilines is 1. The van der Waals surface area contributed by atoms with Crippen molar-refractivity contribution in [3.63, 3.8) is 0 Å². The fourth-order valence-corrected chi connectivity index (χ4v) is 2.91. The molecule has 29 heavy (non-hydrogen) atoms. The smallest absolute Gasteiger partial charge is 0.296 e. The van der Waals surface area contributed by atoms with E-state index in [1.807, 2.05) is 24.3 Å². The predicted molar refractivity (Wildman–Crippen MR) is 104 cm³/mol. The van der Waals surface area contributed by atoms with Gasteiger partial charge in [0.2, 0.25) is 5.75 Å². The monoisotopic (exact) mass is 389 g/mol. The summed E-state index contributed by atoms with van der Waals surface area (Å²) in [5, 5.41) is 16.2. The Morgan fingerprint density at radius 3 is 2.55 bits per heavy atom. The minimum atomic E-state index is -0.758. The number of benzene rings is 1. The van der Waals surface area contributed by atoms with Gasteiger partial charge in [-0.2, -0.15) is 0 Å². The van der Waals surface area contributed by atoms with Crippen molar-refractivity contribution in [2.24, 2.45) is 7.05 Å². The summed E-state index contributed by atoms with van der Waals surface area (Å²) in [6.07, 6.45) is 5.83. The molecule has 0 unspecified atom stereocenters. The second-order valence-corrected chi connectivity index (χ2v) is 6.15. The first-order valence-corrected chi connectivity index (χ1v) is 8.57. The van der Waals surface area contributed by atoms with E-state index >= 15 is 0 Å². The van der Waals surface area contributed by atoms with Crippen LogP contribution in [0, 0.1) is 0 Å². The normalized spacial score (nSPS) is 10.7. The van der Waals surface area contributed by atoms with Crippen molar-refractivity contribution in [2.45, 2.75) is 0 Å². The number of hydrogen-bond donors (Lipinski definition) is 2. The molecule has 0 bridgehead atoms. The van der Waals surface area contributed by atoms with Crippen LogP contribution >= 0.6 is 0 Å². The average molecular weight is 389 g/mol. The van der Waals surface area contributed by atoms with Gasteiger partial charge in [0.15, 0.2) is 5.69 Å². The highest BCUT2D eigenvalue weighted by molar-refractivity contribution is 6.04. The molecule has 9 nitrogen and oxygen atoms in total. The first-order valence-electron chi connectivity index (χ1n) is 8.57. The van der Waals surface area contributed by atoms with Crippen LogP contribution in [0.5, 0.6) is 5.75 Å². The lowest BCUT2D eigenvalue weighted by molar-refractivity contribution is 0.101. The zero-order valence-electron chi connectivity index (χ0n) is 15.2. The number of amides is 1. The van der Waals surface area contributed by atoms with Crippen LogP contribution in [0.25, 0.3) is 22.5 Å². The third kappa shape index (κ3) is 3.36. The van der Waals surface area contributed by atoms with Gasteiger partial charge in [-0.05, 0) is 23.3 Å². The summed E-state index contributed by atoms with van der Waals surface area (Å²) in [6.45, 7) is 0. The number of carbonyl (C=O) groups excluding carboxylic acids is 1. The lowest BCUT2D eigenvalue weighted by Crippen LogP contribution is -2.25. The Labute approximate surface area is 164 Å². The van der Waals surface area contributed by atoms with Crippen LogP contribution in [0.3, 0.4) is 0 Å². The first kappa shape index (κ1) is 18.1. The molecule has 0 aliphatic rings. The molecule has 1 aromatic carbocycles. The maximum Gasteiger partial charge on any atom is 0.296 e. The second-order valence-electron chi connectivity index (χ2n) is 6.15. The predicted octanol–water partition coefficient (Wildman–Crippen LogP) is 2.46. The number of nitrogens with zero attached hydrogens (tertiary/aromatic N) is 4. The highest BCUT2D eigenvalue weighted by atomic mass is 16.5. The maximum absolute atomic E-state index is 12.6. The maximum atomic E-state index is 12.6. The Hall–Kier alpha value is -4.27. The Morgan fingerprint density at radius 2 is 1.86 bits per heavy atom. The van der Waals surface area contributed by atoms with Crippen molar-refractivity contribution in [3.05, 3.63) is 77.3 Å². The van der Waals surface area contributed by atoms with Crippen molar-refractivity contribution in [1.29, 1.82) is 0 Å². The van der Waals surface area contributed by atoms with Crippen molar-refractivity contribution in [3.8, 4) is 28.3 Å². The van der Waals surface area contributed by atoms with Crippen LogP contribution in [0.15, 0.2) is 70.6 Å². The molecule has 0 atom stereocenters. The number of nitrogens with one attached hydrogen (secondary N) is 1. The molecule has 0 radical (unpaired) electrons. The van der Waals surface area contributed by atoms with Crippen LogP contribution < -0.4 is 10.9 Å². The molecule has 1 amide bonds. The molecule has 3 aromatic heterocycles. The summed E-state index contributed by atoms with van der Waals surface area (Å²) in [4.78, 5) is 33.5. The second kappa shape index (κ2) is 7.39. The summed E-state index contributed by atoms with van der Waals surface area (Å²) in [6, 6.07) is 11.0. The molecule has 0 saturated heterocycles. The van der Waals surface area contributed by atoms with Gasteiger partial charge in [-0.15, -0.1) is 0 Å². The highest BCUT2D eigenvalue weighted by Crippen LogP contribution is 2.30. The summed E-state index contributed by atoms with van der Waals surface area (Å²) < 4.78 is 5.86. The Bertz CT molecular complexity index is 1230. The van der Waals surface area contributed by atoms with E-state index in [0.29, 0.717) is 5.56 Å². The molecule has 3 heterocycles. The Morgan fingerprint density at radius 1 is 1.14 bits per heavy atom. The van der Waals surface area contributed by atoms with Gasteiger partial charge in [-0.25, -0.2) is 4.98 Å². The zero-order valence-corrected chi connectivity index (χ0v) is 15.2. The molecular weight excluding hydrogens is 374 g/mol. The van der Waals surface area contributed by atoms with E-state index in [2.05, 4.69) is 25.0 Å². The number of aromatic nitrogens is 4. The molecule has 0 spiro atoms. The van der Waals surface area contributed by atoms with Gasteiger partial charge in [0.25, 0.3) is 11.5 Å². The van der Waals surface area contributed by atoms with E-state index in [1.165, 1.54) is 24.1 Å². The van der Waals surface area contributed by atoms with Crippen LogP contribution in [0.4, 0.5) is 5.69 Å². The number of pyridine rings is 1. The third-order valence-electron chi connectivity index (χ3n) is 4.33. The third-order valence-corrected chi connectivity index (χ3v) is 4.33. The lowest BCUT2D eigenvalue weighted by atomic mass is 10.00. The molecule has 0 aliphatic carbocycles. The van der Waals surface area contributed by atoms with Crippen LogP contribution in [-0.4, -0.2) is 30.7 Å². The largest absolute Gasteiger partial charge is 0.501 e. The quantitative estimate of drug-likeness (QED) is 0.549. The standard InChI is InChI=1S/C20H15N5O4/c1-25-18(15-5-3-2-4-14(15)12-6-8-21-9-7-12)24-16(17(26)20(25)28)19(27)23-13-10-22-29-11-13/h2-11,26H,1H3,(H,23,27). The fraction of sp³-hybridized carbons (Fsp3) is 0.0500. The van der Waals surface area contributed by atoms with Crippen LogP contribution in [0.2, 0.25) is 0 Å². The molecule has 0 aliphatic heterocycles. The summed E-state index contributed by atoms with van der Waals surface area (Å²) >= 11 is 0. The summed E-state index contributed by atoms with van der Waals surface area (Å²) in [5.74, 6) is -1.27. The zero-order chi connectivity index (χ0) is 20.4. The number of carbonyl (C=O) groups is 1. The molecule has 2 N–H and O–H groups in total. The van der Waals surface area contributed by atoms with Gasteiger partial charge < -0.3 is 14.9 Å². The van der Waals surface area contributed by atoms with Gasteiger partial charge in [-0.3, -0.25) is 19.1 Å². The molecular formula is C20H15N5O4. The molecule has 144 valence electrons. The van der Waals surface area contributed by atoms with E-state index in [0.717, 1.165) is 11.1 Å². The molecule has 9 heteroatoms. The Kier molecular flexibility index (Phi) is 4.62. The lowest BCUT2D eigenvalue weighted by Gasteiger charge is -2.14. The van der Waals surface area contributed by atoms with Crippen molar-refractivity contribution in [1.82, 2.24) is 19.7 Å². The van der Waals surface area contributed by atoms with Gasteiger partial charge in [-0.1, -0.05) is 29.4 Å². The highest BCUT2D eigenvalue weighted by Gasteiger charge is 2.22. The Balaban J connectivity index is 1.87. The van der Waals surface area contributed by atoms with Crippen molar-refractivity contribution in [2.75, 3.05) is 5.32 Å². The average Bonchev–Trinajstić information content (AvgIpc) is 3.26. The molecule has 0 saturated carbocycles. The number of hydrogen-bond acceptors (Lipinski definition) is 7. The minimum Gasteiger partial charge on any atom is -0.501 e. The van der Waals surface area contributed by atoms with E-state index in [4.69, 9.17) is 0 Å². The van der Waals surface area contributed by atoms with E-state index in [1.54, 1.807) is 24.5 Å². The van der Waals surface area contributed by atoms with Crippen LogP contribution in [-0.2, 0) is 7.05 Å². The van der Waals surface area contributed by atoms with Gasteiger partial charge >= 0.3 is 0 Å². The van der Waals surface area contributed by atoms with Crippen LogP contribution in [0.1, 0.15) is 10.5 Å². The van der Waals surface area contributed by atoms with Crippen molar-refractivity contribution >= 4 is 11.6 Å². The fourth-order valence-electron chi connectivity index (χ4n) is 2.91. The van der Waals surface area contributed by atoms with Crippen molar-refractivity contribution < 1.29 is 14.4 Å². The topological polar surface area (TPSA) is 123 Å². The van der Waals surface area contributed by atoms with Gasteiger partial charge in [0, 0.05) is 25.0 Å². The summed E-state index contributed by atoms with van der Waals surface area (Å²) in [7, 11) is 1.48. The number of aromatic hydroxyl groups is 1. The van der Waals surface area contributed by atoms with Gasteiger partial charge in [0.05, 0.1) is 6.20 Å². The molecule has 4 aromatic rings. The minimum absolute atomic E-state index is 0.232. The van der Waals surface area contributed by atoms with E-state index < -0.39 is 22.9 Å². The summed E-state index contributed by atoms with van der Waals surface area (Å²) in [5.41, 5.74) is 1.43.